The van der Waals surface area contributed by atoms with E-state index in [1.807, 2.05) is 0 Å². The van der Waals surface area contributed by atoms with Crippen molar-refractivity contribution < 1.29 is 13.5 Å². The number of halogens is 2. The number of hydrogen-bond acceptors (Lipinski definition) is 2. The maximum atomic E-state index is 12.4. The Morgan fingerprint density at radius 3 is 2.67 bits per heavy atom. The van der Waals surface area contributed by atoms with E-state index in [1.165, 1.54) is 0 Å². The standard InChI is InChI=1S/C8H15F2NO/c9-8(10)7(1-3-11)6-2-4-12-5-6/h6-8H,1-5,11H2. The van der Waals surface area contributed by atoms with Gasteiger partial charge in [0.15, 0.2) is 0 Å². The van der Waals surface area contributed by atoms with Gasteiger partial charge in [0.05, 0.1) is 0 Å². The molecule has 1 fully saturated rings. The van der Waals surface area contributed by atoms with E-state index < -0.39 is 12.3 Å². The second-order valence-electron chi connectivity index (χ2n) is 3.20. The average Bonchev–Trinajstić information content (AvgIpc) is 2.51. The van der Waals surface area contributed by atoms with Gasteiger partial charge in [0.1, 0.15) is 0 Å². The monoisotopic (exact) mass is 179 g/mol. The van der Waals surface area contributed by atoms with Gasteiger partial charge < -0.3 is 10.5 Å². The van der Waals surface area contributed by atoms with Crippen LogP contribution in [-0.4, -0.2) is 26.2 Å². The molecule has 2 nitrogen and oxygen atoms in total. The maximum absolute atomic E-state index is 12.4. The summed E-state index contributed by atoms with van der Waals surface area (Å²) in [5, 5.41) is 0. The molecule has 1 rings (SSSR count). The largest absolute Gasteiger partial charge is 0.381 e. The molecule has 12 heavy (non-hydrogen) atoms. The SMILES string of the molecule is NCCC(C(F)F)C1CCOC1. The van der Waals surface area contributed by atoms with Crippen LogP contribution >= 0.6 is 0 Å². The van der Waals surface area contributed by atoms with Gasteiger partial charge in [-0.15, -0.1) is 0 Å². The second-order valence-corrected chi connectivity index (χ2v) is 3.20. The van der Waals surface area contributed by atoms with Gasteiger partial charge in [-0.1, -0.05) is 0 Å². The molecule has 4 heteroatoms. The van der Waals surface area contributed by atoms with Crippen molar-refractivity contribution in [2.24, 2.45) is 17.6 Å². The highest BCUT2D eigenvalue weighted by Gasteiger charge is 2.31. The third-order valence-electron chi connectivity index (χ3n) is 2.39. The van der Waals surface area contributed by atoms with E-state index in [4.69, 9.17) is 10.5 Å². The van der Waals surface area contributed by atoms with Gasteiger partial charge in [-0.2, -0.15) is 0 Å². The zero-order valence-corrected chi connectivity index (χ0v) is 7.01. The molecule has 0 aliphatic carbocycles. The van der Waals surface area contributed by atoms with E-state index >= 15 is 0 Å². The number of rotatable bonds is 4. The van der Waals surface area contributed by atoms with Crippen LogP contribution in [0.3, 0.4) is 0 Å². The highest BCUT2D eigenvalue weighted by molar-refractivity contribution is 4.75. The first-order valence-corrected chi connectivity index (χ1v) is 4.31. The lowest BCUT2D eigenvalue weighted by molar-refractivity contribution is 0.0347. The molecule has 0 amide bonds. The van der Waals surface area contributed by atoms with Gasteiger partial charge in [-0.25, -0.2) is 8.78 Å². The van der Waals surface area contributed by atoms with Gasteiger partial charge in [0.2, 0.25) is 6.43 Å². The lowest BCUT2D eigenvalue weighted by Gasteiger charge is -2.20. The Hall–Kier alpha value is -0.220. The fourth-order valence-corrected chi connectivity index (χ4v) is 1.65. The van der Waals surface area contributed by atoms with Crippen molar-refractivity contribution in [3.05, 3.63) is 0 Å². The minimum absolute atomic E-state index is 0.0218. The third-order valence-corrected chi connectivity index (χ3v) is 2.39. The van der Waals surface area contributed by atoms with E-state index in [0.717, 1.165) is 6.42 Å². The van der Waals surface area contributed by atoms with Gasteiger partial charge in [0.25, 0.3) is 0 Å². The Labute approximate surface area is 71.1 Å². The number of hydrogen-bond donors (Lipinski definition) is 1. The molecule has 0 radical (unpaired) electrons. The van der Waals surface area contributed by atoms with Crippen LogP contribution in [0, 0.1) is 11.8 Å². The molecule has 0 saturated carbocycles. The van der Waals surface area contributed by atoms with Gasteiger partial charge in [-0.3, -0.25) is 0 Å². The topological polar surface area (TPSA) is 35.2 Å². The van der Waals surface area contributed by atoms with Crippen LogP contribution in [0.1, 0.15) is 12.8 Å². The zero-order chi connectivity index (χ0) is 8.97. The number of alkyl halides is 2. The van der Waals surface area contributed by atoms with E-state index in [9.17, 15) is 8.78 Å². The van der Waals surface area contributed by atoms with Gasteiger partial charge in [-0.05, 0) is 25.3 Å². The summed E-state index contributed by atoms with van der Waals surface area (Å²) in [6.07, 6.45) is -1.08. The van der Waals surface area contributed by atoms with Crippen molar-refractivity contribution in [3.8, 4) is 0 Å². The molecular formula is C8H15F2NO. The summed E-state index contributed by atoms with van der Waals surface area (Å²) in [4.78, 5) is 0. The van der Waals surface area contributed by atoms with Crippen molar-refractivity contribution >= 4 is 0 Å². The smallest absolute Gasteiger partial charge is 0.241 e. The Bertz CT molecular complexity index is 126. The lowest BCUT2D eigenvalue weighted by atomic mass is 9.89. The average molecular weight is 179 g/mol. The van der Waals surface area contributed by atoms with Crippen LogP contribution in [0.4, 0.5) is 8.78 Å². The van der Waals surface area contributed by atoms with Crippen LogP contribution in [-0.2, 0) is 4.74 Å². The first kappa shape index (κ1) is 9.86. The van der Waals surface area contributed by atoms with E-state index in [1.54, 1.807) is 0 Å². The number of nitrogens with two attached hydrogens (primary N) is 1. The van der Waals surface area contributed by atoms with E-state index in [0.29, 0.717) is 26.2 Å². The lowest BCUT2D eigenvalue weighted by Crippen LogP contribution is -2.25. The van der Waals surface area contributed by atoms with Gasteiger partial charge in [0, 0.05) is 19.1 Å². The van der Waals surface area contributed by atoms with Crippen molar-refractivity contribution in [1.29, 1.82) is 0 Å². The molecule has 1 aliphatic rings. The summed E-state index contributed by atoms with van der Waals surface area (Å²) in [5.41, 5.74) is 5.26. The summed E-state index contributed by atoms with van der Waals surface area (Å²) in [7, 11) is 0. The highest BCUT2D eigenvalue weighted by atomic mass is 19.3. The minimum atomic E-state index is -2.25. The summed E-state index contributed by atoms with van der Waals surface area (Å²) in [5.74, 6) is -0.536. The Balaban J connectivity index is 2.40. The molecule has 0 aromatic carbocycles. The maximum Gasteiger partial charge on any atom is 0.241 e. The Morgan fingerprint density at radius 1 is 1.50 bits per heavy atom. The molecule has 2 atom stereocenters. The normalized spacial score (nSPS) is 26.5. The molecule has 1 heterocycles. The van der Waals surface area contributed by atoms with E-state index in [-0.39, 0.29) is 5.92 Å². The molecule has 2 N–H and O–H groups in total. The van der Waals surface area contributed by atoms with Crippen LogP contribution in [0.5, 0.6) is 0 Å². The van der Waals surface area contributed by atoms with Crippen LogP contribution in [0.15, 0.2) is 0 Å². The predicted octanol–water partition coefficient (Wildman–Crippen LogP) is 1.25. The zero-order valence-electron chi connectivity index (χ0n) is 7.01. The first-order valence-electron chi connectivity index (χ1n) is 4.31. The highest BCUT2D eigenvalue weighted by Crippen LogP contribution is 2.29. The van der Waals surface area contributed by atoms with Crippen LogP contribution in [0.25, 0.3) is 0 Å². The van der Waals surface area contributed by atoms with Crippen molar-refractivity contribution in [2.75, 3.05) is 19.8 Å². The predicted molar refractivity (Wildman–Crippen MR) is 42.1 cm³/mol. The summed E-state index contributed by atoms with van der Waals surface area (Å²) in [6.45, 7) is 1.44. The van der Waals surface area contributed by atoms with Crippen molar-refractivity contribution in [1.82, 2.24) is 0 Å². The molecule has 0 aromatic heterocycles. The molecule has 72 valence electrons. The molecule has 0 aromatic rings. The first-order chi connectivity index (χ1) is 5.75. The van der Waals surface area contributed by atoms with Crippen molar-refractivity contribution in [3.63, 3.8) is 0 Å². The summed E-state index contributed by atoms with van der Waals surface area (Å²) in [6, 6.07) is 0. The Morgan fingerprint density at radius 2 is 2.25 bits per heavy atom. The van der Waals surface area contributed by atoms with Crippen molar-refractivity contribution in [2.45, 2.75) is 19.3 Å². The third kappa shape index (κ3) is 2.38. The van der Waals surface area contributed by atoms with E-state index in [2.05, 4.69) is 0 Å². The second kappa shape index (κ2) is 4.72. The summed E-state index contributed by atoms with van der Waals surface area (Å²) >= 11 is 0. The quantitative estimate of drug-likeness (QED) is 0.705. The molecule has 0 spiro atoms. The molecule has 1 saturated heterocycles. The Kier molecular flexibility index (Phi) is 3.88. The van der Waals surface area contributed by atoms with Gasteiger partial charge >= 0.3 is 0 Å². The molecule has 2 unspecified atom stereocenters. The summed E-state index contributed by atoms with van der Waals surface area (Å²) < 4.78 is 29.9. The molecule has 1 aliphatic heterocycles. The molecule has 0 bridgehead atoms. The number of ether oxygens (including phenoxy) is 1. The van der Waals surface area contributed by atoms with Crippen LogP contribution < -0.4 is 5.73 Å². The fraction of sp³-hybridized carbons (Fsp3) is 1.00. The minimum Gasteiger partial charge on any atom is -0.381 e. The fourth-order valence-electron chi connectivity index (χ4n) is 1.65. The molecular weight excluding hydrogens is 164 g/mol. The van der Waals surface area contributed by atoms with Crippen LogP contribution in [0.2, 0.25) is 0 Å².